The molecule has 2 aromatic carbocycles. The lowest BCUT2D eigenvalue weighted by Crippen LogP contribution is -2.17. The van der Waals surface area contributed by atoms with Crippen LogP contribution in [0.25, 0.3) is 12.2 Å². The monoisotopic (exact) mass is 594 g/mol. The van der Waals surface area contributed by atoms with Gasteiger partial charge in [-0.15, -0.1) is 0 Å². The van der Waals surface area contributed by atoms with Crippen molar-refractivity contribution in [3.05, 3.63) is 45.2 Å². The number of carbonyl (C=O) groups is 2. The molecule has 200 valence electrons. The van der Waals surface area contributed by atoms with Gasteiger partial charge in [0, 0.05) is 0 Å². The second-order valence-electron chi connectivity index (χ2n) is 7.25. The highest BCUT2D eigenvalue weighted by Crippen LogP contribution is 2.39. The number of hydrogen-bond acceptors (Lipinski definition) is 12. The van der Waals surface area contributed by atoms with Crippen LogP contribution >= 0.6 is 48.0 Å². The molecule has 4 rings (SSSR count). The first kappa shape index (κ1) is 29.1. The number of aromatic hydroxyl groups is 2. The van der Waals surface area contributed by atoms with Gasteiger partial charge in [0.25, 0.3) is 11.8 Å². The van der Waals surface area contributed by atoms with Gasteiger partial charge in [0.1, 0.15) is 8.64 Å². The fourth-order valence-corrected chi connectivity index (χ4v) is 5.23. The molecule has 2 aromatic rings. The van der Waals surface area contributed by atoms with E-state index in [1.54, 1.807) is 36.4 Å². The van der Waals surface area contributed by atoms with Gasteiger partial charge in [-0.25, -0.2) is 0 Å². The van der Waals surface area contributed by atoms with E-state index in [1.165, 1.54) is 52.0 Å². The van der Waals surface area contributed by atoms with Crippen LogP contribution < -0.4 is 29.6 Å². The first-order valence-electron chi connectivity index (χ1n) is 10.5. The Bertz CT molecular complexity index is 1220. The Morgan fingerprint density at radius 1 is 0.658 bits per heavy atom. The number of ether oxygens (including phenoxy) is 4. The van der Waals surface area contributed by atoms with Crippen molar-refractivity contribution in [3.63, 3.8) is 0 Å². The summed E-state index contributed by atoms with van der Waals surface area (Å²) in [5.41, 5.74) is 1.35. The summed E-state index contributed by atoms with van der Waals surface area (Å²) in [7, 11) is 5.77. The van der Waals surface area contributed by atoms with E-state index in [4.69, 9.17) is 43.4 Å². The number of methoxy groups -OCH3 is 4. The maximum Gasteiger partial charge on any atom is 0.263 e. The molecule has 2 aliphatic heterocycles. The van der Waals surface area contributed by atoms with Gasteiger partial charge in [-0.3, -0.25) is 9.59 Å². The van der Waals surface area contributed by atoms with E-state index < -0.39 is 0 Å². The average Bonchev–Trinajstić information content (AvgIpc) is 3.38. The Morgan fingerprint density at radius 2 is 0.947 bits per heavy atom. The summed E-state index contributed by atoms with van der Waals surface area (Å²) in [4.78, 5) is 24.1. The normalized spacial score (nSPS) is 16.6. The van der Waals surface area contributed by atoms with Crippen LogP contribution in [0.5, 0.6) is 34.5 Å². The van der Waals surface area contributed by atoms with Crippen LogP contribution in [0.3, 0.4) is 0 Å². The Kier molecular flexibility index (Phi) is 9.85. The summed E-state index contributed by atoms with van der Waals surface area (Å²) in [6, 6.07) is 6.44. The third-order valence-corrected chi connectivity index (χ3v) is 7.21. The highest BCUT2D eigenvalue weighted by Gasteiger charge is 2.23. The van der Waals surface area contributed by atoms with Crippen LogP contribution in [-0.4, -0.2) is 59.1 Å². The molecule has 14 heteroatoms. The van der Waals surface area contributed by atoms with Crippen LogP contribution in [0.15, 0.2) is 34.1 Å². The number of carbonyl (C=O) groups excluding carboxylic acids is 2. The van der Waals surface area contributed by atoms with E-state index in [0.29, 0.717) is 29.6 Å². The highest BCUT2D eigenvalue weighted by atomic mass is 32.2. The number of benzene rings is 2. The molecule has 0 aliphatic carbocycles. The van der Waals surface area contributed by atoms with Crippen molar-refractivity contribution in [1.82, 2.24) is 10.6 Å². The number of rotatable bonds is 6. The summed E-state index contributed by atoms with van der Waals surface area (Å²) in [5, 5.41) is 24.6. The molecule has 4 N–H and O–H groups in total. The van der Waals surface area contributed by atoms with E-state index in [9.17, 15) is 19.8 Å². The Balaban J connectivity index is 0.000000211. The molecule has 2 saturated heterocycles. The zero-order chi connectivity index (χ0) is 28.0. The molecule has 2 aliphatic rings. The molecule has 10 nitrogen and oxygen atoms in total. The van der Waals surface area contributed by atoms with Crippen LogP contribution in [0, 0.1) is 0 Å². The number of phenolic OH excluding ortho intramolecular Hbond substituents is 2. The molecular formula is C24H22N2O8S4. The largest absolute Gasteiger partial charge is 0.502 e. The van der Waals surface area contributed by atoms with Gasteiger partial charge in [-0.1, -0.05) is 48.0 Å². The van der Waals surface area contributed by atoms with Crippen molar-refractivity contribution in [2.75, 3.05) is 28.4 Å². The van der Waals surface area contributed by atoms with E-state index in [-0.39, 0.29) is 46.3 Å². The van der Waals surface area contributed by atoms with Crippen molar-refractivity contribution in [3.8, 4) is 34.5 Å². The van der Waals surface area contributed by atoms with Crippen molar-refractivity contribution in [2.45, 2.75) is 0 Å². The molecule has 0 spiro atoms. The zero-order valence-electron chi connectivity index (χ0n) is 20.4. The number of thioether (sulfide) groups is 2. The molecule has 0 atom stereocenters. The fraction of sp³-hybridized carbons (Fsp3) is 0.167. The zero-order valence-corrected chi connectivity index (χ0v) is 23.7. The second kappa shape index (κ2) is 12.9. The summed E-state index contributed by atoms with van der Waals surface area (Å²) >= 11 is 12.2. The van der Waals surface area contributed by atoms with E-state index in [1.807, 2.05) is 0 Å². The third-order valence-electron chi connectivity index (χ3n) is 4.88. The second-order valence-corrected chi connectivity index (χ2v) is 10.7. The number of nitrogens with one attached hydrogen (secondary N) is 2. The Hall–Kier alpha value is -3.46. The van der Waals surface area contributed by atoms with Gasteiger partial charge in [0.15, 0.2) is 23.0 Å². The van der Waals surface area contributed by atoms with E-state index in [0.717, 1.165) is 0 Å². The summed E-state index contributed by atoms with van der Waals surface area (Å²) in [5.74, 6) is 0.475. The number of amides is 2. The van der Waals surface area contributed by atoms with E-state index >= 15 is 0 Å². The van der Waals surface area contributed by atoms with Gasteiger partial charge in [0.05, 0.1) is 38.2 Å². The third kappa shape index (κ3) is 6.89. The van der Waals surface area contributed by atoms with Crippen molar-refractivity contribution in [1.29, 1.82) is 0 Å². The summed E-state index contributed by atoms with van der Waals surface area (Å²) in [6.45, 7) is 0. The molecule has 2 fully saturated rings. The van der Waals surface area contributed by atoms with Crippen molar-refractivity contribution < 1.29 is 38.7 Å². The molecule has 0 unspecified atom stereocenters. The minimum absolute atomic E-state index is 0.0776. The predicted octanol–water partition coefficient (Wildman–Crippen LogP) is 3.80. The predicted molar refractivity (Wildman–Crippen MR) is 155 cm³/mol. The first-order chi connectivity index (χ1) is 18.1. The minimum atomic E-state index is -0.235. The van der Waals surface area contributed by atoms with Crippen molar-refractivity contribution in [2.24, 2.45) is 0 Å². The quantitative estimate of drug-likeness (QED) is 0.286. The number of hydrogen-bond donors (Lipinski definition) is 4. The van der Waals surface area contributed by atoms with Crippen LogP contribution in [0.4, 0.5) is 0 Å². The average molecular weight is 595 g/mol. The van der Waals surface area contributed by atoms with Gasteiger partial charge < -0.3 is 39.8 Å². The van der Waals surface area contributed by atoms with Crippen LogP contribution in [0.2, 0.25) is 0 Å². The molecule has 2 amide bonds. The number of phenols is 2. The topological polar surface area (TPSA) is 136 Å². The lowest BCUT2D eigenvalue weighted by molar-refractivity contribution is -0.116. The molecular weight excluding hydrogens is 573 g/mol. The molecule has 38 heavy (non-hydrogen) atoms. The van der Waals surface area contributed by atoms with Crippen LogP contribution in [0.1, 0.15) is 11.1 Å². The molecule has 0 saturated carbocycles. The summed E-state index contributed by atoms with van der Waals surface area (Å²) in [6.07, 6.45) is 3.31. The van der Waals surface area contributed by atoms with Crippen molar-refractivity contribution >= 4 is 80.6 Å². The van der Waals surface area contributed by atoms with Gasteiger partial charge >= 0.3 is 0 Å². The first-order valence-corrected chi connectivity index (χ1v) is 12.9. The smallest absolute Gasteiger partial charge is 0.263 e. The Morgan fingerprint density at radius 3 is 1.16 bits per heavy atom. The van der Waals surface area contributed by atoms with Gasteiger partial charge in [-0.05, 0) is 47.5 Å². The van der Waals surface area contributed by atoms with E-state index in [2.05, 4.69) is 10.6 Å². The molecule has 0 aromatic heterocycles. The molecule has 0 bridgehead atoms. The SMILES string of the molecule is COc1cc(/C=C2\SC(=S)NC2=O)cc(OC)c1O.COc1cc(/C=C2\SC(=S)NC2=O)cc(OC)c1O. The van der Waals surface area contributed by atoms with Gasteiger partial charge in [-0.2, -0.15) is 0 Å². The van der Waals surface area contributed by atoms with Gasteiger partial charge in [0.2, 0.25) is 11.5 Å². The van der Waals surface area contributed by atoms with Crippen LogP contribution in [-0.2, 0) is 9.59 Å². The standard InChI is InChI=1S/2C12H11NO4S2/c2*1-16-7-3-6(4-8(17-2)10(7)14)5-9-11(15)13-12(18)19-9/h2*3-5,14H,1-2H3,(H,13,15,18)/b2*9-5-. The lowest BCUT2D eigenvalue weighted by Gasteiger charge is -2.09. The summed E-state index contributed by atoms with van der Waals surface area (Å²) < 4.78 is 21.0. The Labute approximate surface area is 237 Å². The highest BCUT2D eigenvalue weighted by molar-refractivity contribution is 8.27. The number of thiocarbonyl (C=S) groups is 2. The maximum absolute atomic E-state index is 11.6. The maximum atomic E-state index is 11.6. The minimum Gasteiger partial charge on any atom is -0.502 e. The molecule has 2 heterocycles. The molecule has 0 radical (unpaired) electrons. The fourth-order valence-electron chi connectivity index (χ4n) is 3.14. The lowest BCUT2D eigenvalue weighted by atomic mass is 10.1.